The van der Waals surface area contributed by atoms with Crippen LogP contribution in [0.3, 0.4) is 0 Å². The number of nitrogens with one attached hydrogen (secondary N) is 1. The maximum atomic E-state index is 13.4. The molecule has 0 aliphatic carbocycles. The highest BCUT2D eigenvalue weighted by atomic mass is 32.2. The third kappa shape index (κ3) is 3.94. The van der Waals surface area contributed by atoms with Gasteiger partial charge in [-0.25, -0.2) is 9.11 Å². The fourth-order valence-electron chi connectivity index (χ4n) is 1.32. The van der Waals surface area contributed by atoms with E-state index in [2.05, 4.69) is 4.72 Å². The van der Waals surface area contributed by atoms with E-state index in [0.717, 1.165) is 4.31 Å². The van der Waals surface area contributed by atoms with Crippen molar-refractivity contribution in [2.75, 3.05) is 27.7 Å². The summed E-state index contributed by atoms with van der Waals surface area (Å²) in [4.78, 5) is 0. The monoisotopic (exact) mass is 276 g/mol. The predicted molar refractivity (Wildman–Crippen MR) is 67.3 cm³/mol. The van der Waals surface area contributed by atoms with Gasteiger partial charge in [0.15, 0.2) is 11.6 Å². The van der Waals surface area contributed by atoms with Gasteiger partial charge in [0.05, 0.1) is 7.11 Å². The SMILES string of the molecule is COc1ccc(CCNS(=O)(=O)N(C)C)cc1F. The van der Waals surface area contributed by atoms with Gasteiger partial charge >= 0.3 is 0 Å². The van der Waals surface area contributed by atoms with Gasteiger partial charge < -0.3 is 4.74 Å². The Balaban J connectivity index is 2.57. The molecule has 0 aliphatic heterocycles. The molecule has 0 spiro atoms. The highest BCUT2D eigenvalue weighted by Crippen LogP contribution is 2.17. The molecular formula is C11H17FN2O3S. The van der Waals surface area contributed by atoms with Crippen molar-refractivity contribution in [3.63, 3.8) is 0 Å². The second-order valence-corrected chi connectivity index (χ2v) is 5.87. The van der Waals surface area contributed by atoms with E-state index in [1.54, 1.807) is 6.07 Å². The molecule has 1 rings (SSSR count). The van der Waals surface area contributed by atoms with E-state index >= 15 is 0 Å². The number of benzene rings is 1. The predicted octanol–water partition coefficient (Wildman–Crippen LogP) is 0.773. The maximum Gasteiger partial charge on any atom is 0.278 e. The first-order chi connectivity index (χ1) is 8.36. The Kier molecular flexibility index (Phi) is 5.06. The Hall–Kier alpha value is -1.18. The number of methoxy groups -OCH3 is 1. The number of nitrogens with zero attached hydrogens (tertiary/aromatic N) is 1. The van der Waals surface area contributed by atoms with E-state index in [4.69, 9.17) is 4.74 Å². The van der Waals surface area contributed by atoms with Crippen LogP contribution < -0.4 is 9.46 Å². The molecule has 0 unspecified atom stereocenters. The smallest absolute Gasteiger partial charge is 0.278 e. The van der Waals surface area contributed by atoms with Gasteiger partial charge in [0, 0.05) is 20.6 Å². The Morgan fingerprint density at radius 1 is 1.39 bits per heavy atom. The van der Waals surface area contributed by atoms with Crippen molar-refractivity contribution < 1.29 is 17.5 Å². The molecule has 0 bridgehead atoms. The van der Waals surface area contributed by atoms with Crippen LogP contribution >= 0.6 is 0 Å². The second kappa shape index (κ2) is 6.12. The minimum absolute atomic E-state index is 0.174. The molecule has 0 amide bonds. The summed E-state index contributed by atoms with van der Waals surface area (Å²) in [5.74, 6) is -0.280. The average Bonchev–Trinajstić information content (AvgIpc) is 2.29. The molecule has 102 valence electrons. The molecule has 0 atom stereocenters. The van der Waals surface area contributed by atoms with Crippen LogP contribution in [0.15, 0.2) is 18.2 Å². The molecule has 0 saturated carbocycles. The zero-order chi connectivity index (χ0) is 13.8. The minimum Gasteiger partial charge on any atom is -0.494 e. The van der Waals surface area contributed by atoms with Crippen LogP contribution in [-0.2, 0) is 16.6 Å². The number of halogens is 1. The molecule has 5 nitrogen and oxygen atoms in total. The summed E-state index contributed by atoms with van der Waals surface area (Å²) < 4.78 is 44.5. The van der Waals surface area contributed by atoms with Gasteiger partial charge in [0.1, 0.15) is 0 Å². The maximum absolute atomic E-state index is 13.4. The average molecular weight is 276 g/mol. The Bertz CT molecular complexity index is 503. The van der Waals surface area contributed by atoms with Crippen molar-refractivity contribution >= 4 is 10.2 Å². The molecule has 0 radical (unpaired) electrons. The number of hydrogen-bond acceptors (Lipinski definition) is 3. The van der Waals surface area contributed by atoms with Gasteiger partial charge in [-0.3, -0.25) is 0 Å². The topological polar surface area (TPSA) is 58.6 Å². The molecule has 0 saturated heterocycles. The third-order valence-electron chi connectivity index (χ3n) is 2.40. The molecule has 1 N–H and O–H groups in total. The largest absolute Gasteiger partial charge is 0.494 e. The highest BCUT2D eigenvalue weighted by Gasteiger charge is 2.11. The first-order valence-electron chi connectivity index (χ1n) is 5.36. The second-order valence-electron chi connectivity index (χ2n) is 3.90. The van der Waals surface area contributed by atoms with Crippen LogP contribution in [0.4, 0.5) is 4.39 Å². The molecule has 1 aromatic rings. The van der Waals surface area contributed by atoms with E-state index in [0.29, 0.717) is 12.0 Å². The molecule has 0 aromatic heterocycles. The fraction of sp³-hybridized carbons (Fsp3) is 0.455. The van der Waals surface area contributed by atoms with E-state index in [-0.39, 0.29) is 12.3 Å². The molecular weight excluding hydrogens is 259 g/mol. The van der Waals surface area contributed by atoms with Gasteiger partial charge in [0.25, 0.3) is 10.2 Å². The first-order valence-corrected chi connectivity index (χ1v) is 6.80. The lowest BCUT2D eigenvalue weighted by Gasteiger charge is -2.12. The number of ether oxygens (including phenoxy) is 1. The molecule has 7 heteroatoms. The van der Waals surface area contributed by atoms with Crippen molar-refractivity contribution in [2.45, 2.75) is 6.42 Å². The molecule has 1 aromatic carbocycles. The standard InChI is InChI=1S/C11H17FN2O3S/c1-14(2)18(15,16)13-7-6-9-4-5-11(17-3)10(12)8-9/h4-5,8,13H,6-7H2,1-3H3. The van der Waals surface area contributed by atoms with Crippen LogP contribution in [0.1, 0.15) is 5.56 Å². The zero-order valence-corrected chi connectivity index (χ0v) is 11.4. The van der Waals surface area contributed by atoms with Gasteiger partial charge in [0.2, 0.25) is 0 Å². The van der Waals surface area contributed by atoms with Crippen molar-refractivity contribution in [3.8, 4) is 5.75 Å². The lowest BCUT2D eigenvalue weighted by molar-refractivity contribution is 0.386. The third-order valence-corrected chi connectivity index (χ3v) is 3.93. The lowest BCUT2D eigenvalue weighted by Crippen LogP contribution is -2.36. The van der Waals surface area contributed by atoms with E-state index in [1.807, 2.05) is 0 Å². The van der Waals surface area contributed by atoms with Gasteiger partial charge in [-0.15, -0.1) is 0 Å². The Morgan fingerprint density at radius 2 is 2.06 bits per heavy atom. The summed E-state index contributed by atoms with van der Waals surface area (Å²) in [7, 11) is 0.845. The van der Waals surface area contributed by atoms with Gasteiger partial charge in [-0.2, -0.15) is 12.7 Å². The normalized spacial score (nSPS) is 11.8. The minimum atomic E-state index is -3.43. The summed E-state index contributed by atoms with van der Waals surface area (Å²) in [5, 5.41) is 0. The number of rotatable bonds is 6. The zero-order valence-electron chi connectivity index (χ0n) is 10.6. The van der Waals surface area contributed by atoms with Gasteiger partial charge in [-0.05, 0) is 24.1 Å². The van der Waals surface area contributed by atoms with Crippen molar-refractivity contribution in [1.82, 2.24) is 9.03 Å². The number of hydrogen-bond donors (Lipinski definition) is 1. The van der Waals surface area contributed by atoms with E-state index < -0.39 is 16.0 Å². The Morgan fingerprint density at radius 3 is 2.56 bits per heavy atom. The molecule has 0 fully saturated rings. The molecule has 0 aliphatic rings. The summed E-state index contributed by atoms with van der Waals surface area (Å²) in [6.45, 7) is 0.215. The Labute approximate surface area is 107 Å². The quantitative estimate of drug-likeness (QED) is 0.835. The fourth-order valence-corrected chi connectivity index (χ4v) is 1.94. The lowest BCUT2D eigenvalue weighted by atomic mass is 10.1. The summed E-state index contributed by atoms with van der Waals surface area (Å²) >= 11 is 0. The highest BCUT2D eigenvalue weighted by molar-refractivity contribution is 7.87. The van der Waals surface area contributed by atoms with Crippen LogP contribution in [-0.4, -0.2) is 40.5 Å². The van der Waals surface area contributed by atoms with Crippen LogP contribution in [0.2, 0.25) is 0 Å². The van der Waals surface area contributed by atoms with Crippen LogP contribution in [0.5, 0.6) is 5.75 Å². The van der Waals surface area contributed by atoms with E-state index in [1.165, 1.54) is 33.3 Å². The van der Waals surface area contributed by atoms with E-state index in [9.17, 15) is 12.8 Å². The summed E-state index contributed by atoms with van der Waals surface area (Å²) in [6, 6.07) is 4.56. The first kappa shape index (κ1) is 14.9. The van der Waals surface area contributed by atoms with Crippen molar-refractivity contribution in [3.05, 3.63) is 29.6 Å². The van der Waals surface area contributed by atoms with Crippen molar-refractivity contribution in [2.24, 2.45) is 0 Å². The molecule has 18 heavy (non-hydrogen) atoms. The van der Waals surface area contributed by atoms with Crippen molar-refractivity contribution in [1.29, 1.82) is 0 Å². The van der Waals surface area contributed by atoms with Gasteiger partial charge in [-0.1, -0.05) is 6.07 Å². The molecule has 0 heterocycles. The summed E-state index contributed by atoms with van der Waals surface area (Å²) in [5.41, 5.74) is 0.703. The van der Waals surface area contributed by atoms with Crippen LogP contribution in [0, 0.1) is 5.82 Å². The van der Waals surface area contributed by atoms with Crippen LogP contribution in [0.25, 0.3) is 0 Å². The summed E-state index contributed by atoms with van der Waals surface area (Å²) in [6.07, 6.45) is 0.411.